The van der Waals surface area contributed by atoms with Gasteiger partial charge in [-0.25, -0.2) is 9.36 Å². The maximum Gasteiger partial charge on any atom is 0.472 e. The molecule has 0 saturated heterocycles. The van der Waals surface area contributed by atoms with E-state index in [-0.39, 0.29) is 12.8 Å². The number of allylic oxidation sites excluding steroid dienone is 6. The fraction of sp³-hybridized carbons (Fsp3) is 0.750. The SMILES string of the molecule is CCC/C=C\C/C=C\CCCCCCCC(=O)OCC(O)COP(=O)(O)OCC(NC(=O)CCCCCCC/C=C\CCCC)C(=O)O. The predicted octanol–water partition coefficient (Wildman–Crippen LogP) is 8.10. The molecule has 0 aliphatic rings. The zero-order valence-electron chi connectivity index (χ0n) is 29.5. The van der Waals surface area contributed by atoms with Crippen molar-refractivity contribution < 1.29 is 47.8 Å². The lowest BCUT2D eigenvalue weighted by molar-refractivity contribution is -0.147. The summed E-state index contributed by atoms with van der Waals surface area (Å²) in [7, 11) is -4.75. The highest BCUT2D eigenvalue weighted by Gasteiger charge is 2.28. The maximum absolute atomic E-state index is 12.2. The number of hydrogen-bond acceptors (Lipinski definition) is 8. The van der Waals surface area contributed by atoms with Gasteiger partial charge < -0.3 is 25.2 Å². The Labute approximate surface area is 289 Å². The van der Waals surface area contributed by atoms with Gasteiger partial charge in [0.05, 0.1) is 13.2 Å². The number of hydrogen-bond donors (Lipinski definition) is 4. The molecule has 3 atom stereocenters. The molecule has 11 nitrogen and oxygen atoms in total. The van der Waals surface area contributed by atoms with Crippen molar-refractivity contribution in [2.45, 2.75) is 154 Å². The van der Waals surface area contributed by atoms with E-state index in [1.165, 1.54) is 19.3 Å². The number of rotatable bonds is 33. The van der Waals surface area contributed by atoms with Crippen LogP contribution in [0.2, 0.25) is 0 Å². The second-order valence-corrected chi connectivity index (χ2v) is 13.5. The topological polar surface area (TPSA) is 169 Å². The van der Waals surface area contributed by atoms with E-state index >= 15 is 0 Å². The molecule has 0 aliphatic carbocycles. The highest BCUT2D eigenvalue weighted by molar-refractivity contribution is 7.47. The van der Waals surface area contributed by atoms with Gasteiger partial charge in [0.2, 0.25) is 5.91 Å². The molecule has 3 unspecified atom stereocenters. The van der Waals surface area contributed by atoms with Crippen LogP contribution in [0.25, 0.3) is 0 Å². The van der Waals surface area contributed by atoms with Gasteiger partial charge in [0.25, 0.3) is 0 Å². The molecule has 12 heteroatoms. The number of carboxylic acids is 1. The number of phosphoric acid groups is 1. The molecule has 278 valence electrons. The first kappa shape index (κ1) is 45.7. The Morgan fingerprint density at radius 1 is 0.667 bits per heavy atom. The van der Waals surface area contributed by atoms with Crippen LogP contribution in [-0.2, 0) is 32.7 Å². The van der Waals surface area contributed by atoms with Crippen LogP contribution in [0, 0.1) is 0 Å². The Kier molecular flexibility index (Phi) is 30.4. The number of ether oxygens (including phenoxy) is 1. The minimum Gasteiger partial charge on any atom is -0.480 e. The van der Waals surface area contributed by atoms with Crippen LogP contribution in [0.15, 0.2) is 36.5 Å². The Hall–Kier alpha value is -2.30. The van der Waals surface area contributed by atoms with E-state index < -0.39 is 57.6 Å². The zero-order valence-corrected chi connectivity index (χ0v) is 30.4. The monoisotopic (exact) mass is 701 g/mol. The van der Waals surface area contributed by atoms with Gasteiger partial charge in [-0.1, -0.05) is 108 Å². The van der Waals surface area contributed by atoms with E-state index in [9.17, 15) is 34.1 Å². The first-order valence-corrected chi connectivity index (χ1v) is 19.5. The van der Waals surface area contributed by atoms with E-state index in [0.717, 1.165) is 83.5 Å². The maximum atomic E-state index is 12.2. The van der Waals surface area contributed by atoms with Crippen molar-refractivity contribution in [3.8, 4) is 0 Å². The fourth-order valence-corrected chi connectivity index (χ4v) is 5.28. The molecule has 48 heavy (non-hydrogen) atoms. The standard InChI is InChI=1S/C36H64NO10P/c1-3-5-7-9-11-13-15-16-18-20-22-24-26-28-35(40)45-29-32(38)30-46-48(43,44)47-31-33(36(41)42)37-34(39)27-25-23-21-19-17-14-12-10-8-6-4-2/h7,9-10,12-13,15,32-33,38H,3-6,8,11,14,16-31H2,1-2H3,(H,37,39)(H,41,42)(H,43,44)/b9-7-,12-10-,15-13-. The van der Waals surface area contributed by atoms with Crippen molar-refractivity contribution in [2.75, 3.05) is 19.8 Å². The first-order chi connectivity index (χ1) is 23.1. The number of amides is 1. The number of nitrogens with one attached hydrogen (secondary N) is 1. The fourth-order valence-electron chi connectivity index (χ4n) is 4.51. The molecule has 0 aliphatic heterocycles. The number of carbonyl (C=O) groups is 3. The Morgan fingerprint density at radius 2 is 1.19 bits per heavy atom. The van der Waals surface area contributed by atoms with Gasteiger partial charge in [-0.3, -0.25) is 18.6 Å². The van der Waals surface area contributed by atoms with Crippen molar-refractivity contribution in [3.05, 3.63) is 36.5 Å². The zero-order chi connectivity index (χ0) is 35.7. The molecule has 0 aromatic heterocycles. The van der Waals surface area contributed by atoms with Crippen LogP contribution in [0.3, 0.4) is 0 Å². The first-order valence-electron chi connectivity index (χ1n) is 18.0. The van der Waals surface area contributed by atoms with Crippen molar-refractivity contribution in [1.82, 2.24) is 5.32 Å². The highest BCUT2D eigenvalue weighted by atomic mass is 31.2. The molecule has 0 spiro atoms. The minimum atomic E-state index is -4.75. The van der Waals surface area contributed by atoms with Gasteiger partial charge >= 0.3 is 19.8 Å². The summed E-state index contributed by atoms with van der Waals surface area (Å²) in [6, 6.07) is -1.55. The predicted molar refractivity (Wildman–Crippen MR) is 189 cm³/mol. The van der Waals surface area contributed by atoms with Crippen LogP contribution in [0.5, 0.6) is 0 Å². The van der Waals surface area contributed by atoms with Gasteiger partial charge in [-0.2, -0.15) is 0 Å². The molecule has 0 aromatic rings. The normalized spacial score (nSPS) is 14.4. The Morgan fingerprint density at radius 3 is 1.79 bits per heavy atom. The number of esters is 1. The van der Waals surface area contributed by atoms with E-state index in [0.29, 0.717) is 12.8 Å². The number of aliphatic carboxylic acids is 1. The summed E-state index contributed by atoms with van der Waals surface area (Å²) >= 11 is 0. The number of unbranched alkanes of at least 4 members (excludes halogenated alkanes) is 13. The number of aliphatic hydroxyl groups is 1. The summed E-state index contributed by atoms with van der Waals surface area (Å²) in [5.74, 6) is -2.41. The third-order valence-electron chi connectivity index (χ3n) is 7.38. The summed E-state index contributed by atoms with van der Waals surface area (Å²) in [4.78, 5) is 45.6. The van der Waals surface area contributed by atoms with Crippen molar-refractivity contribution in [2.24, 2.45) is 0 Å². The lowest BCUT2D eigenvalue weighted by atomic mass is 10.1. The van der Waals surface area contributed by atoms with Crippen LogP contribution in [0.1, 0.15) is 142 Å². The van der Waals surface area contributed by atoms with E-state index in [4.69, 9.17) is 13.8 Å². The average molecular weight is 702 g/mol. The van der Waals surface area contributed by atoms with Gasteiger partial charge in [0.15, 0.2) is 6.04 Å². The Bertz CT molecular complexity index is 968. The number of aliphatic hydroxyl groups excluding tert-OH is 1. The molecule has 0 radical (unpaired) electrons. The Balaban J connectivity index is 4.02. The average Bonchev–Trinajstić information content (AvgIpc) is 3.05. The van der Waals surface area contributed by atoms with Crippen molar-refractivity contribution >= 4 is 25.7 Å². The quantitative estimate of drug-likeness (QED) is 0.0227. The third kappa shape index (κ3) is 31.0. The summed E-state index contributed by atoms with van der Waals surface area (Å²) in [5, 5.41) is 21.7. The van der Waals surface area contributed by atoms with Gasteiger partial charge in [-0.05, 0) is 57.8 Å². The summed E-state index contributed by atoms with van der Waals surface area (Å²) in [6.07, 6.45) is 30.4. The summed E-state index contributed by atoms with van der Waals surface area (Å²) in [5.41, 5.74) is 0. The van der Waals surface area contributed by atoms with Crippen molar-refractivity contribution in [1.29, 1.82) is 0 Å². The van der Waals surface area contributed by atoms with Crippen LogP contribution >= 0.6 is 7.82 Å². The molecule has 0 heterocycles. The number of carbonyl (C=O) groups excluding carboxylic acids is 2. The van der Waals surface area contributed by atoms with Crippen molar-refractivity contribution in [3.63, 3.8) is 0 Å². The van der Waals surface area contributed by atoms with E-state index in [1.54, 1.807) is 0 Å². The molecular formula is C36H64NO10P. The largest absolute Gasteiger partial charge is 0.480 e. The summed E-state index contributed by atoms with van der Waals surface area (Å²) < 4.78 is 26.6. The van der Waals surface area contributed by atoms with Gasteiger partial charge in [-0.15, -0.1) is 0 Å². The molecule has 0 bridgehead atoms. The molecular weight excluding hydrogens is 637 g/mol. The van der Waals surface area contributed by atoms with Crippen LogP contribution < -0.4 is 5.32 Å². The molecule has 0 saturated carbocycles. The smallest absolute Gasteiger partial charge is 0.472 e. The number of carboxylic acid groups (broad SMARTS) is 1. The third-order valence-corrected chi connectivity index (χ3v) is 8.33. The highest BCUT2D eigenvalue weighted by Crippen LogP contribution is 2.43. The molecule has 1 amide bonds. The lowest BCUT2D eigenvalue weighted by Crippen LogP contribution is -2.43. The molecule has 0 fully saturated rings. The van der Waals surface area contributed by atoms with Crippen LogP contribution in [-0.4, -0.2) is 64.9 Å². The lowest BCUT2D eigenvalue weighted by Gasteiger charge is -2.18. The molecule has 4 N–H and O–H groups in total. The van der Waals surface area contributed by atoms with Gasteiger partial charge in [0, 0.05) is 12.8 Å². The number of phosphoric ester groups is 1. The van der Waals surface area contributed by atoms with Gasteiger partial charge in [0.1, 0.15) is 12.7 Å². The molecule has 0 rings (SSSR count). The minimum absolute atomic E-state index is 0.133. The van der Waals surface area contributed by atoms with E-state index in [1.807, 2.05) is 0 Å². The molecule has 0 aromatic carbocycles. The second kappa shape index (κ2) is 31.9. The van der Waals surface area contributed by atoms with Crippen LogP contribution in [0.4, 0.5) is 0 Å². The van der Waals surface area contributed by atoms with E-state index in [2.05, 4.69) is 55.6 Å². The summed E-state index contributed by atoms with van der Waals surface area (Å²) in [6.45, 7) is 2.42. The second-order valence-electron chi connectivity index (χ2n) is 12.0.